The van der Waals surface area contributed by atoms with Crippen LogP contribution in [0.1, 0.15) is 36.5 Å². The number of rotatable bonds is 3. The van der Waals surface area contributed by atoms with Crippen LogP contribution in [-0.2, 0) is 6.42 Å². The highest BCUT2D eigenvalue weighted by molar-refractivity contribution is 5.62. The Hall–Kier alpha value is -1.82. The van der Waals surface area contributed by atoms with Gasteiger partial charge in [0.05, 0.1) is 0 Å². The molecule has 0 saturated carbocycles. The van der Waals surface area contributed by atoms with Gasteiger partial charge in [0, 0.05) is 5.92 Å². The first-order valence-electron chi connectivity index (χ1n) is 6.98. The van der Waals surface area contributed by atoms with Gasteiger partial charge in [-0.1, -0.05) is 80.6 Å². The van der Waals surface area contributed by atoms with E-state index in [0.717, 1.165) is 6.42 Å². The Labute approximate surface area is 115 Å². The lowest BCUT2D eigenvalue weighted by Gasteiger charge is -2.32. The van der Waals surface area contributed by atoms with Gasteiger partial charge in [-0.15, -0.1) is 0 Å². The van der Waals surface area contributed by atoms with Crippen LogP contribution in [0.2, 0.25) is 0 Å². The third-order valence-electron chi connectivity index (χ3n) is 4.14. The van der Waals surface area contributed by atoms with Gasteiger partial charge in [-0.2, -0.15) is 0 Å². The lowest BCUT2D eigenvalue weighted by Crippen LogP contribution is -2.22. The summed E-state index contributed by atoms with van der Waals surface area (Å²) in [5.74, 6) is 0.518. The lowest BCUT2D eigenvalue weighted by molar-refractivity contribution is 0.324. The van der Waals surface area contributed by atoms with E-state index >= 15 is 0 Å². The zero-order valence-electron chi connectivity index (χ0n) is 11.6. The SMILES string of the molecule is CC(C)(Cc1ccccc1)C1C=Cc2ccccc21. The number of fused-ring (bicyclic) bond motifs is 1. The summed E-state index contributed by atoms with van der Waals surface area (Å²) >= 11 is 0. The molecule has 0 N–H and O–H groups in total. The Bertz CT molecular complexity index is 590. The Balaban J connectivity index is 1.88. The van der Waals surface area contributed by atoms with Crippen molar-refractivity contribution in [2.24, 2.45) is 5.41 Å². The summed E-state index contributed by atoms with van der Waals surface area (Å²) in [5.41, 5.74) is 4.52. The molecule has 0 radical (unpaired) electrons. The Morgan fingerprint density at radius 3 is 2.37 bits per heavy atom. The lowest BCUT2D eigenvalue weighted by atomic mass is 9.72. The number of hydrogen-bond acceptors (Lipinski definition) is 0. The van der Waals surface area contributed by atoms with E-state index < -0.39 is 0 Å². The number of hydrogen-bond donors (Lipinski definition) is 0. The second-order valence-corrected chi connectivity index (χ2v) is 6.12. The van der Waals surface area contributed by atoms with Crippen LogP contribution < -0.4 is 0 Å². The van der Waals surface area contributed by atoms with E-state index in [1.165, 1.54) is 16.7 Å². The van der Waals surface area contributed by atoms with E-state index in [0.29, 0.717) is 5.92 Å². The molecule has 2 aromatic carbocycles. The van der Waals surface area contributed by atoms with Gasteiger partial charge in [-0.3, -0.25) is 0 Å². The summed E-state index contributed by atoms with van der Waals surface area (Å²) < 4.78 is 0. The maximum Gasteiger partial charge on any atom is 0.00816 e. The quantitative estimate of drug-likeness (QED) is 0.711. The van der Waals surface area contributed by atoms with Crippen molar-refractivity contribution < 1.29 is 0 Å². The van der Waals surface area contributed by atoms with Gasteiger partial charge < -0.3 is 0 Å². The van der Waals surface area contributed by atoms with Gasteiger partial charge in [0.2, 0.25) is 0 Å². The van der Waals surface area contributed by atoms with Crippen LogP contribution in [-0.4, -0.2) is 0 Å². The summed E-state index contributed by atoms with van der Waals surface area (Å²) in [7, 11) is 0. The van der Waals surface area contributed by atoms with Gasteiger partial charge in [0.15, 0.2) is 0 Å². The van der Waals surface area contributed by atoms with E-state index in [9.17, 15) is 0 Å². The molecule has 0 aromatic heterocycles. The maximum absolute atomic E-state index is 2.37. The minimum Gasteiger partial charge on any atom is -0.0758 e. The zero-order chi connectivity index (χ0) is 13.3. The van der Waals surface area contributed by atoms with Crippen LogP contribution in [0.5, 0.6) is 0 Å². The molecule has 1 aliphatic rings. The van der Waals surface area contributed by atoms with Gasteiger partial charge in [-0.25, -0.2) is 0 Å². The average molecular weight is 248 g/mol. The van der Waals surface area contributed by atoms with Crippen molar-refractivity contribution in [2.75, 3.05) is 0 Å². The van der Waals surface area contributed by atoms with Crippen LogP contribution in [0, 0.1) is 5.41 Å². The van der Waals surface area contributed by atoms with Crippen molar-refractivity contribution in [3.8, 4) is 0 Å². The molecule has 19 heavy (non-hydrogen) atoms. The third-order valence-corrected chi connectivity index (χ3v) is 4.14. The largest absolute Gasteiger partial charge is 0.0758 e. The monoisotopic (exact) mass is 248 g/mol. The molecule has 0 heterocycles. The van der Waals surface area contributed by atoms with Crippen molar-refractivity contribution >= 4 is 6.08 Å². The summed E-state index contributed by atoms with van der Waals surface area (Å²) in [6, 6.07) is 19.6. The Morgan fingerprint density at radius 1 is 0.895 bits per heavy atom. The predicted molar refractivity (Wildman–Crippen MR) is 82.1 cm³/mol. The fourth-order valence-corrected chi connectivity index (χ4v) is 3.16. The molecule has 0 spiro atoms. The molecule has 96 valence electrons. The van der Waals surface area contributed by atoms with E-state index in [2.05, 4.69) is 80.6 Å². The summed E-state index contributed by atoms with van der Waals surface area (Å²) in [4.78, 5) is 0. The normalized spacial score (nSPS) is 17.5. The minimum absolute atomic E-state index is 0.241. The molecule has 1 aliphatic carbocycles. The van der Waals surface area contributed by atoms with E-state index in [-0.39, 0.29) is 5.41 Å². The summed E-state index contributed by atoms with van der Waals surface area (Å²) in [5, 5.41) is 0. The second-order valence-electron chi connectivity index (χ2n) is 6.12. The van der Waals surface area contributed by atoms with Gasteiger partial charge in [0.25, 0.3) is 0 Å². The standard InChI is InChI=1S/C19H20/c1-19(2,14-15-8-4-3-5-9-15)18-13-12-16-10-6-7-11-17(16)18/h3-13,18H,14H2,1-2H3. The van der Waals surface area contributed by atoms with Crippen molar-refractivity contribution in [3.05, 3.63) is 77.4 Å². The van der Waals surface area contributed by atoms with Crippen LogP contribution >= 0.6 is 0 Å². The molecule has 0 saturated heterocycles. The highest BCUT2D eigenvalue weighted by atomic mass is 14.4. The molecule has 1 unspecified atom stereocenters. The van der Waals surface area contributed by atoms with Crippen molar-refractivity contribution in [1.82, 2.24) is 0 Å². The number of benzene rings is 2. The average Bonchev–Trinajstić information content (AvgIpc) is 2.84. The molecule has 3 rings (SSSR count). The molecule has 0 bridgehead atoms. The Kier molecular flexibility index (Phi) is 3.02. The highest BCUT2D eigenvalue weighted by Gasteiger charge is 2.32. The van der Waals surface area contributed by atoms with Gasteiger partial charge in [-0.05, 0) is 28.5 Å². The van der Waals surface area contributed by atoms with Crippen molar-refractivity contribution in [2.45, 2.75) is 26.2 Å². The topological polar surface area (TPSA) is 0 Å². The van der Waals surface area contributed by atoms with E-state index in [1.54, 1.807) is 0 Å². The molecule has 0 fully saturated rings. The fraction of sp³-hybridized carbons (Fsp3) is 0.263. The van der Waals surface area contributed by atoms with Gasteiger partial charge in [0.1, 0.15) is 0 Å². The summed E-state index contributed by atoms with van der Waals surface area (Å²) in [6.45, 7) is 4.74. The van der Waals surface area contributed by atoms with Crippen molar-refractivity contribution in [1.29, 1.82) is 0 Å². The maximum atomic E-state index is 2.37. The first-order chi connectivity index (χ1) is 9.17. The zero-order valence-corrected chi connectivity index (χ0v) is 11.6. The Morgan fingerprint density at radius 2 is 1.58 bits per heavy atom. The van der Waals surface area contributed by atoms with Crippen LogP contribution in [0.15, 0.2) is 60.7 Å². The first kappa shape index (κ1) is 12.2. The molecular formula is C19H20. The predicted octanol–water partition coefficient (Wildman–Crippen LogP) is 5.07. The molecule has 2 aromatic rings. The molecule has 0 nitrogen and oxygen atoms in total. The minimum atomic E-state index is 0.241. The smallest absolute Gasteiger partial charge is 0.00816 e. The van der Waals surface area contributed by atoms with E-state index in [4.69, 9.17) is 0 Å². The van der Waals surface area contributed by atoms with E-state index in [1.807, 2.05) is 0 Å². The molecule has 0 aliphatic heterocycles. The first-order valence-corrected chi connectivity index (χ1v) is 6.98. The highest BCUT2D eigenvalue weighted by Crippen LogP contribution is 2.44. The number of allylic oxidation sites excluding steroid dienone is 1. The van der Waals surface area contributed by atoms with Crippen LogP contribution in [0.3, 0.4) is 0 Å². The van der Waals surface area contributed by atoms with Crippen molar-refractivity contribution in [3.63, 3.8) is 0 Å². The molecule has 1 atom stereocenters. The fourth-order valence-electron chi connectivity index (χ4n) is 3.16. The third kappa shape index (κ3) is 2.35. The molecular weight excluding hydrogens is 228 g/mol. The van der Waals surface area contributed by atoms with Crippen LogP contribution in [0.4, 0.5) is 0 Å². The van der Waals surface area contributed by atoms with Crippen LogP contribution in [0.25, 0.3) is 6.08 Å². The molecule has 0 amide bonds. The molecule has 0 heteroatoms. The second kappa shape index (κ2) is 4.70. The van der Waals surface area contributed by atoms with Gasteiger partial charge >= 0.3 is 0 Å². The summed E-state index contributed by atoms with van der Waals surface area (Å²) in [6.07, 6.45) is 5.75.